The van der Waals surface area contributed by atoms with E-state index in [0.29, 0.717) is 24.2 Å². The molecule has 5 nitrogen and oxygen atoms in total. The standard InChI is InChI=1S/C15H16N2O3/c1-20-13-5-2-11(3-6-13)8-9-16-15(19)14-7-4-12(10-18)17-14/h2-7,10,17H,8-9H2,1H3,(H,16,19). The summed E-state index contributed by atoms with van der Waals surface area (Å²) in [5.74, 6) is 0.595. The third kappa shape index (κ3) is 3.47. The van der Waals surface area contributed by atoms with Crippen molar-refractivity contribution in [3.63, 3.8) is 0 Å². The van der Waals surface area contributed by atoms with Gasteiger partial charge >= 0.3 is 0 Å². The molecule has 0 spiro atoms. The molecule has 0 unspecified atom stereocenters. The quantitative estimate of drug-likeness (QED) is 0.788. The molecular weight excluding hydrogens is 256 g/mol. The predicted octanol–water partition coefficient (Wildman–Crippen LogP) is 1.81. The van der Waals surface area contributed by atoms with Crippen molar-refractivity contribution in [2.75, 3.05) is 13.7 Å². The average Bonchev–Trinajstić information content (AvgIpc) is 2.97. The van der Waals surface area contributed by atoms with Gasteiger partial charge in [-0.25, -0.2) is 0 Å². The van der Waals surface area contributed by atoms with Crippen molar-refractivity contribution in [1.82, 2.24) is 10.3 Å². The number of rotatable bonds is 6. The van der Waals surface area contributed by atoms with Crippen LogP contribution >= 0.6 is 0 Å². The third-order valence-corrected chi connectivity index (χ3v) is 2.94. The van der Waals surface area contributed by atoms with Gasteiger partial charge in [-0.15, -0.1) is 0 Å². The van der Waals surface area contributed by atoms with E-state index in [-0.39, 0.29) is 5.91 Å². The lowest BCUT2D eigenvalue weighted by atomic mass is 10.1. The smallest absolute Gasteiger partial charge is 0.267 e. The normalized spacial score (nSPS) is 10.1. The minimum Gasteiger partial charge on any atom is -0.497 e. The molecule has 0 fully saturated rings. The Balaban J connectivity index is 1.82. The molecule has 0 aliphatic heterocycles. The van der Waals surface area contributed by atoms with Crippen molar-refractivity contribution in [2.24, 2.45) is 0 Å². The van der Waals surface area contributed by atoms with E-state index < -0.39 is 0 Å². The van der Waals surface area contributed by atoms with E-state index >= 15 is 0 Å². The van der Waals surface area contributed by atoms with Gasteiger partial charge in [-0.1, -0.05) is 12.1 Å². The van der Waals surface area contributed by atoms with E-state index in [9.17, 15) is 9.59 Å². The van der Waals surface area contributed by atoms with Crippen LogP contribution in [-0.2, 0) is 6.42 Å². The summed E-state index contributed by atoms with van der Waals surface area (Å²) in [4.78, 5) is 25.0. The highest BCUT2D eigenvalue weighted by Crippen LogP contribution is 2.11. The molecule has 1 heterocycles. The molecule has 0 saturated carbocycles. The monoisotopic (exact) mass is 272 g/mol. The minimum atomic E-state index is -0.216. The van der Waals surface area contributed by atoms with Crippen LogP contribution in [0.3, 0.4) is 0 Å². The second-order valence-electron chi connectivity index (χ2n) is 4.30. The summed E-state index contributed by atoms with van der Waals surface area (Å²) in [5.41, 5.74) is 1.90. The fourth-order valence-electron chi connectivity index (χ4n) is 1.82. The van der Waals surface area contributed by atoms with Gasteiger partial charge in [-0.05, 0) is 36.2 Å². The van der Waals surface area contributed by atoms with E-state index in [1.807, 2.05) is 24.3 Å². The number of carbonyl (C=O) groups excluding carboxylic acids is 2. The van der Waals surface area contributed by atoms with Gasteiger partial charge in [0, 0.05) is 6.54 Å². The number of aromatic nitrogens is 1. The molecule has 20 heavy (non-hydrogen) atoms. The van der Waals surface area contributed by atoms with Gasteiger partial charge in [0.15, 0.2) is 6.29 Å². The van der Waals surface area contributed by atoms with Crippen molar-refractivity contribution in [1.29, 1.82) is 0 Å². The molecule has 1 aromatic carbocycles. The van der Waals surface area contributed by atoms with Crippen LogP contribution in [0.2, 0.25) is 0 Å². The molecule has 0 aliphatic carbocycles. The van der Waals surface area contributed by atoms with E-state index in [1.165, 1.54) is 0 Å². The van der Waals surface area contributed by atoms with Crippen molar-refractivity contribution in [3.8, 4) is 5.75 Å². The fourth-order valence-corrected chi connectivity index (χ4v) is 1.82. The molecule has 0 aliphatic rings. The minimum absolute atomic E-state index is 0.216. The van der Waals surface area contributed by atoms with Gasteiger partial charge in [-0.3, -0.25) is 9.59 Å². The Morgan fingerprint density at radius 1 is 1.25 bits per heavy atom. The van der Waals surface area contributed by atoms with Crippen molar-refractivity contribution >= 4 is 12.2 Å². The lowest BCUT2D eigenvalue weighted by molar-refractivity contribution is 0.0950. The maximum atomic E-state index is 11.8. The molecule has 0 atom stereocenters. The Labute approximate surface area is 117 Å². The number of aldehydes is 1. The SMILES string of the molecule is COc1ccc(CCNC(=O)c2ccc(C=O)[nH]2)cc1. The zero-order valence-corrected chi connectivity index (χ0v) is 11.2. The van der Waals surface area contributed by atoms with Crippen LogP contribution in [0, 0.1) is 0 Å². The topological polar surface area (TPSA) is 71.2 Å². The lowest BCUT2D eigenvalue weighted by Crippen LogP contribution is -2.26. The number of benzene rings is 1. The Morgan fingerprint density at radius 3 is 2.60 bits per heavy atom. The number of amides is 1. The predicted molar refractivity (Wildman–Crippen MR) is 75.2 cm³/mol. The summed E-state index contributed by atoms with van der Waals surface area (Å²) >= 11 is 0. The van der Waals surface area contributed by atoms with E-state index in [4.69, 9.17) is 4.74 Å². The number of ether oxygens (including phenoxy) is 1. The van der Waals surface area contributed by atoms with E-state index in [1.54, 1.807) is 19.2 Å². The Bertz CT molecular complexity index is 587. The number of aromatic amines is 1. The summed E-state index contributed by atoms with van der Waals surface area (Å²) in [6.45, 7) is 0.528. The first kappa shape index (κ1) is 13.9. The number of nitrogens with one attached hydrogen (secondary N) is 2. The van der Waals surface area contributed by atoms with Gasteiger partial charge in [0.05, 0.1) is 12.8 Å². The van der Waals surface area contributed by atoms with Crippen LogP contribution in [0.4, 0.5) is 0 Å². The number of hydrogen-bond acceptors (Lipinski definition) is 3. The van der Waals surface area contributed by atoms with Gasteiger partial charge in [0.1, 0.15) is 11.4 Å². The van der Waals surface area contributed by atoms with Gasteiger partial charge in [0.25, 0.3) is 5.91 Å². The largest absolute Gasteiger partial charge is 0.497 e. The number of methoxy groups -OCH3 is 1. The summed E-state index contributed by atoms with van der Waals surface area (Å²) in [6.07, 6.45) is 1.41. The van der Waals surface area contributed by atoms with E-state index in [0.717, 1.165) is 17.7 Å². The summed E-state index contributed by atoms with van der Waals surface area (Å²) in [7, 11) is 1.62. The number of hydrogen-bond donors (Lipinski definition) is 2. The highest BCUT2D eigenvalue weighted by atomic mass is 16.5. The molecule has 0 bridgehead atoms. The molecule has 104 valence electrons. The molecule has 2 aromatic rings. The maximum absolute atomic E-state index is 11.8. The molecule has 5 heteroatoms. The van der Waals surface area contributed by atoms with Crippen LogP contribution in [-0.4, -0.2) is 30.8 Å². The molecule has 0 saturated heterocycles. The molecule has 1 amide bonds. The van der Waals surface area contributed by atoms with Crippen LogP contribution in [0.1, 0.15) is 26.5 Å². The molecule has 2 rings (SSSR count). The fraction of sp³-hybridized carbons (Fsp3) is 0.200. The van der Waals surface area contributed by atoms with Gasteiger partial charge in [0.2, 0.25) is 0 Å². The maximum Gasteiger partial charge on any atom is 0.267 e. The summed E-state index contributed by atoms with van der Waals surface area (Å²) < 4.78 is 5.08. The average molecular weight is 272 g/mol. The van der Waals surface area contributed by atoms with Gasteiger partial charge in [-0.2, -0.15) is 0 Å². The number of carbonyl (C=O) groups is 2. The zero-order chi connectivity index (χ0) is 14.4. The first-order valence-electron chi connectivity index (χ1n) is 6.28. The van der Waals surface area contributed by atoms with Crippen LogP contribution in [0.5, 0.6) is 5.75 Å². The van der Waals surface area contributed by atoms with Gasteiger partial charge < -0.3 is 15.0 Å². The molecule has 2 N–H and O–H groups in total. The van der Waals surface area contributed by atoms with Crippen molar-refractivity contribution in [3.05, 3.63) is 53.3 Å². The van der Waals surface area contributed by atoms with Crippen LogP contribution in [0.15, 0.2) is 36.4 Å². The Hall–Kier alpha value is -2.56. The second-order valence-corrected chi connectivity index (χ2v) is 4.30. The van der Waals surface area contributed by atoms with Crippen LogP contribution < -0.4 is 10.1 Å². The Morgan fingerprint density at radius 2 is 2.00 bits per heavy atom. The second kappa shape index (κ2) is 6.56. The van der Waals surface area contributed by atoms with Crippen molar-refractivity contribution in [2.45, 2.75) is 6.42 Å². The summed E-state index contributed by atoms with van der Waals surface area (Å²) in [5, 5.41) is 2.80. The first-order chi connectivity index (χ1) is 9.72. The lowest BCUT2D eigenvalue weighted by Gasteiger charge is -2.05. The zero-order valence-electron chi connectivity index (χ0n) is 11.2. The molecule has 0 radical (unpaired) electrons. The molecule has 1 aromatic heterocycles. The Kier molecular flexibility index (Phi) is 4.55. The highest BCUT2D eigenvalue weighted by molar-refractivity contribution is 5.93. The highest BCUT2D eigenvalue weighted by Gasteiger charge is 2.07. The molecular formula is C15H16N2O3. The third-order valence-electron chi connectivity index (χ3n) is 2.94. The van der Waals surface area contributed by atoms with Crippen LogP contribution in [0.25, 0.3) is 0 Å². The van der Waals surface area contributed by atoms with Crippen molar-refractivity contribution < 1.29 is 14.3 Å². The first-order valence-corrected chi connectivity index (χ1v) is 6.28. The summed E-state index contributed by atoms with van der Waals surface area (Å²) in [6, 6.07) is 10.9. The number of H-pyrrole nitrogens is 1. The van der Waals surface area contributed by atoms with E-state index in [2.05, 4.69) is 10.3 Å².